The third-order valence-electron chi connectivity index (χ3n) is 4.94. The zero-order valence-corrected chi connectivity index (χ0v) is 17.1. The van der Waals surface area contributed by atoms with Gasteiger partial charge in [-0.05, 0) is 49.4 Å². The Balaban J connectivity index is 1.54. The van der Waals surface area contributed by atoms with Gasteiger partial charge < -0.3 is 14.8 Å². The Morgan fingerprint density at radius 2 is 1.67 bits per heavy atom. The highest BCUT2D eigenvalue weighted by atomic mass is 16.5. The molecule has 30 heavy (non-hydrogen) atoms. The second-order valence-corrected chi connectivity index (χ2v) is 6.99. The van der Waals surface area contributed by atoms with Crippen molar-refractivity contribution in [1.29, 1.82) is 0 Å². The van der Waals surface area contributed by atoms with Crippen LogP contribution < -0.4 is 14.8 Å². The smallest absolute Gasteiger partial charge is 0.259 e. The van der Waals surface area contributed by atoms with E-state index in [2.05, 4.69) is 30.4 Å². The van der Waals surface area contributed by atoms with Crippen LogP contribution in [0.5, 0.6) is 11.5 Å². The summed E-state index contributed by atoms with van der Waals surface area (Å²) in [5, 5.41) is 4.03. The number of benzene rings is 3. The fraction of sp³-hybridized carbons (Fsp3) is 0.120. The van der Waals surface area contributed by atoms with E-state index in [-0.39, 0.29) is 5.91 Å². The number of nitrogens with one attached hydrogen (secondary N) is 1. The Labute approximate surface area is 175 Å². The molecule has 150 valence electrons. The lowest BCUT2D eigenvalue weighted by Gasteiger charge is -2.11. The number of carbonyl (C=O) groups is 1. The van der Waals surface area contributed by atoms with Gasteiger partial charge in [-0.25, -0.2) is 4.98 Å². The summed E-state index contributed by atoms with van der Waals surface area (Å²) >= 11 is 0. The number of pyridine rings is 1. The topological polar surface area (TPSA) is 60.5 Å². The highest BCUT2D eigenvalue weighted by molar-refractivity contribution is 6.06. The van der Waals surface area contributed by atoms with Crippen molar-refractivity contribution >= 4 is 22.5 Å². The van der Waals surface area contributed by atoms with Crippen molar-refractivity contribution in [1.82, 2.24) is 4.98 Å². The Kier molecular flexibility index (Phi) is 5.35. The Bertz CT molecular complexity index is 1220. The molecule has 0 aliphatic heterocycles. The first kappa shape index (κ1) is 19.5. The number of rotatable bonds is 5. The van der Waals surface area contributed by atoms with Gasteiger partial charge in [0.2, 0.25) is 0 Å². The second kappa shape index (κ2) is 8.25. The number of anilines is 1. The molecule has 0 fully saturated rings. The number of fused-ring (bicyclic) bond motifs is 1. The highest BCUT2D eigenvalue weighted by Crippen LogP contribution is 2.27. The average Bonchev–Trinajstić information content (AvgIpc) is 2.78. The predicted molar refractivity (Wildman–Crippen MR) is 119 cm³/mol. The molecule has 5 heteroatoms. The summed E-state index contributed by atoms with van der Waals surface area (Å²) in [5.41, 5.74) is 5.18. The quantitative estimate of drug-likeness (QED) is 0.484. The Hall–Kier alpha value is -3.86. The van der Waals surface area contributed by atoms with Gasteiger partial charge in [0.05, 0.1) is 31.0 Å². The lowest BCUT2D eigenvalue weighted by molar-refractivity contribution is 0.102. The van der Waals surface area contributed by atoms with Crippen LogP contribution in [0.25, 0.3) is 22.2 Å². The van der Waals surface area contributed by atoms with Crippen LogP contribution >= 0.6 is 0 Å². The summed E-state index contributed by atoms with van der Waals surface area (Å²) in [5.74, 6) is 0.839. The van der Waals surface area contributed by atoms with Gasteiger partial charge in [0.15, 0.2) is 0 Å². The third-order valence-corrected chi connectivity index (χ3v) is 4.94. The zero-order chi connectivity index (χ0) is 21.1. The first-order chi connectivity index (χ1) is 14.6. The summed E-state index contributed by atoms with van der Waals surface area (Å²) < 4.78 is 10.5. The summed E-state index contributed by atoms with van der Waals surface area (Å²) in [6.07, 6.45) is 0. The lowest BCUT2D eigenvalue weighted by atomic mass is 10.1. The van der Waals surface area contributed by atoms with Crippen molar-refractivity contribution in [3.05, 3.63) is 83.9 Å². The molecular formula is C25H22N2O3. The number of hydrogen-bond donors (Lipinski definition) is 1. The van der Waals surface area contributed by atoms with E-state index in [1.807, 2.05) is 36.4 Å². The molecule has 0 atom stereocenters. The highest BCUT2D eigenvalue weighted by Gasteiger charge is 2.14. The molecule has 0 bridgehead atoms. The van der Waals surface area contributed by atoms with Gasteiger partial charge >= 0.3 is 0 Å². The molecule has 0 radical (unpaired) electrons. The Morgan fingerprint density at radius 3 is 2.40 bits per heavy atom. The first-order valence-corrected chi connectivity index (χ1v) is 9.58. The maximum absolute atomic E-state index is 12.7. The SMILES string of the molecule is COc1ccc(C(=O)Nc2ccc(-c3ccc4cc(C)ccc4n3)cc2)c(OC)c1. The van der Waals surface area contributed by atoms with Crippen molar-refractivity contribution in [2.24, 2.45) is 0 Å². The molecular weight excluding hydrogens is 376 g/mol. The maximum atomic E-state index is 12.7. The fourth-order valence-corrected chi connectivity index (χ4v) is 3.31. The molecule has 0 saturated heterocycles. The fourth-order valence-electron chi connectivity index (χ4n) is 3.31. The van der Waals surface area contributed by atoms with Crippen LogP contribution in [-0.2, 0) is 0 Å². The molecule has 0 spiro atoms. The number of nitrogens with zero attached hydrogens (tertiary/aromatic N) is 1. The van der Waals surface area contributed by atoms with E-state index in [4.69, 9.17) is 14.5 Å². The minimum Gasteiger partial charge on any atom is -0.497 e. The molecule has 0 saturated carbocycles. The molecule has 0 unspecified atom stereocenters. The Morgan fingerprint density at radius 1 is 0.867 bits per heavy atom. The molecule has 4 aromatic rings. The van der Waals surface area contributed by atoms with Crippen molar-refractivity contribution in [2.75, 3.05) is 19.5 Å². The van der Waals surface area contributed by atoms with Gasteiger partial charge in [0, 0.05) is 22.7 Å². The molecule has 1 N–H and O–H groups in total. The average molecular weight is 398 g/mol. The van der Waals surface area contributed by atoms with Crippen LogP contribution in [0.15, 0.2) is 72.8 Å². The zero-order valence-electron chi connectivity index (χ0n) is 17.1. The van der Waals surface area contributed by atoms with Crippen molar-refractivity contribution in [2.45, 2.75) is 6.92 Å². The second-order valence-electron chi connectivity index (χ2n) is 6.99. The summed E-state index contributed by atoms with van der Waals surface area (Å²) in [6, 6.07) is 23.0. The monoisotopic (exact) mass is 398 g/mol. The number of hydrogen-bond acceptors (Lipinski definition) is 4. The van der Waals surface area contributed by atoms with Gasteiger partial charge in [-0.3, -0.25) is 4.79 Å². The minimum atomic E-state index is -0.249. The standard InChI is InChI=1S/C25H22N2O3/c1-16-4-12-23-18(14-16)7-13-22(27-23)17-5-8-19(9-6-17)26-25(28)21-11-10-20(29-2)15-24(21)30-3/h4-15H,1-3H3,(H,26,28). The largest absolute Gasteiger partial charge is 0.497 e. The third kappa shape index (κ3) is 3.96. The van der Waals surface area contributed by atoms with Crippen molar-refractivity contribution in [3.8, 4) is 22.8 Å². The van der Waals surface area contributed by atoms with E-state index in [1.165, 1.54) is 12.7 Å². The van der Waals surface area contributed by atoms with Crippen molar-refractivity contribution in [3.63, 3.8) is 0 Å². The number of ether oxygens (including phenoxy) is 2. The van der Waals surface area contributed by atoms with E-state index in [0.29, 0.717) is 22.7 Å². The number of carbonyl (C=O) groups excluding carboxylic acids is 1. The summed E-state index contributed by atoms with van der Waals surface area (Å²) in [6.45, 7) is 2.07. The summed E-state index contributed by atoms with van der Waals surface area (Å²) in [4.78, 5) is 17.4. The van der Waals surface area contributed by atoms with Crippen LogP contribution in [0.1, 0.15) is 15.9 Å². The number of methoxy groups -OCH3 is 2. The van der Waals surface area contributed by atoms with Gasteiger partial charge in [-0.1, -0.05) is 29.8 Å². The molecule has 0 aliphatic carbocycles. The molecule has 4 rings (SSSR count). The van der Waals surface area contributed by atoms with Gasteiger partial charge in [0.25, 0.3) is 5.91 Å². The van der Waals surface area contributed by atoms with E-state index >= 15 is 0 Å². The van der Waals surface area contributed by atoms with Crippen LogP contribution in [0.2, 0.25) is 0 Å². The molecule has 0 aliphatic rings. The number of amides is 1. The minimum absolute atomic E-state index is 0.249. The number of aryl methyl sites for hydroxylation is 1. The first-order valence-electron chi connectivity index (χ1n) is 9.58. The molecule has 3 aromatic carbocycles. The molecule has 5 nitrogen and oxygen atoms in total. The molecule has 1 amide bonds. The predicted octanol–water partition coefficient (Wildman–Crippen LogP) is 5.48. The summed E-state index contributed by atoms with van der Waals surface area (Å²) in [7, 11) is 3.10. The van der Waals surface area contributed by atoms with Crippen LogP contribution in [0, 0.1) is 6.92 Å². The number of aromatic nitrogens is 1. The van der Waals surface area contributed by atoms with E-state index in [1.54, 1.807) is 25.3 Å². The lowest BCUT2D eigenvalue weighted by Crippen LogP contribution is -2.13. The van der Waals surface area contributed by atoms with Crippen molar-refractivity contribution < 1.29 is 14.3 Å². The van der Waals surface area contributed by atoms with Crippen LogP contribution in [0.4, 0.5) is 5.69 Å². The molecule has 1 heterocycles. The van der Waals surface area contributed by atoms with E-state index < -0.39 is 0 Å². The molecule has 1 aromatic heterocycles. The van der Waals surface area contributed by atoms with E-state index in [9.17, 15) is 4.79 Å². The van der Waals surface area contributed by atoms with Crippen LogP contribution in [0.3, 0.4) is 0 Å². The van der Waals surface area contributed by atoms with E-state index in [0.717, 1.165) is 22.2 Å². The van der Waals surface area contributed by atoms with Gasteiger partial charge in [0.1, 0.15) is 11.5 Å². The maximum Gasteiger partial charge on any atom is 0.259 e. The van der Waals surface area contributed by atoms with Gasteiger partial charge in [-0.2, -0.15) is 0 Å². The van der Waals surface area contributed by atoms with Gasteiger partial charge in [-0.15, -0.1) is 0 Å². The van der Waals surface area contributed by atoms with Crippen LogP contribution in [-0.4, -0.2) is 25.1 Å². The normalized spacial score (nSPS) is 10.6.